The minimum absolute atomic E-state index is 0.154. The van der Waals surface area contributed by atoms with E-state index in [1.807, 2.05) is 0 Å². The number of hydrogen-bond acceptors (Lipinski definition) is 5. The molecule has 0 fully saturated rings. The van der Waals surface area contributed by atoms with E-state index < -0.39 is 0 Å². The molecule has 0 atom stereocenters. The van der Waals surface area contributed by atoms with E-state index >= 15 is 0 Å². The van der Waals surface area contributed by atoms with E-state index in [0.29, 0.717) is 5.89 Å². The van der Waals surface area contributed by atoms with Gasteiger partial charge >= 0.3 is 0 Å². The zero-order valence-corrected chi connectivity index (χ0v) is 13.1. The summed E-state index contributed by atoms with van der Waals surface area (Å²) in [6.45, 7) is 6.51. The van der Waals surface area contributed by atoms with Crippen molar-refractivity contribution in [3.05, 3.63) is 16.3 Å². The molecule has 3 rings (SSSR count). The summed E-state index contributed by atoms with van der Waals surface area (Å²) in [6.07, 6.45) is 5.50. The lowest BCUT2D eigenvalue weighted by Crippen LogP contribution is -2.10. The van der Waals surface area contributed by atoms with Crippen LogP contribution in [0.1, 0.15) is 49.9 Å². The van der Waals surface area contributed by atoms with E-state index in [9.17, 15) is 0 Å². The number of nitrogens with zero attached hydrogens (tertiary/aromatic N) is 2. The Morgan fingerprint density at radius 3 is 2.75 bits per heavy atom. The summed E-state index contributed by atoms with van der Waals surface area (Å²) < 4.78 is 5.47. The molecule has 1 aliphatic carbocycles. The van der Waals surface area contributed by atoms with Gasteiger partial charge in [0.2, 0.25) is 0 Å². The predicted octanol–water partition coefficient (Wildman–Crippen LogP) is 3.85. The summed E-state index contributed by atoms with van der Waals surface area (Å²) >= 11 is 1.68. The van der Waals surface area contributed by atoms with Gasteiger partial charge in [-0.2, -0.15) is 4.98 Å². The first-order valence-corrected chi connectivity index (χ1v) is 7.99. The average Bonchev–Trinajstić information content (AvgIpc) is 2.89. The Labute approximate surface area is 123 Å². The molecule has 0 bridgehead atoms. The van der Waals surface area contributed by atoms with Crippen molar-refractivity contribution in [2.24, 2.45) is 5.41 Å². The fraction of sp³-hybridized carbons (Fsp3) is 0.600. The second kappa shape index (κ2) is 4.88. The number of rotatable bonds is 2. The van der Waals surface area contributed by atoms with Gasteiger partial charge in [-0.05, 0) is 36.7 Å². The van der Waals surface area contributed by atoms with Gasteiger partial charge in [0.1, 0.15) is 0 Å². The molecule has 0 aliphatic heterocycles. The average molecular weight is 291 g/mol. The summed E-state index contributed by atoms with van der Waals surface area (Å²) in [5.74, 6) is 1.36. The number of thiophene rings is 1. The van der Waals surface area contributed by atoms with Gasteiger partial charge in [-0.15, -0.1) is 11.3 Å². The Morgan fingerprint density at radius 1 is 1.25 bits per heavy atom. The standard InChI is InChI=1S/C15H21N3OS/c1-15(2,3)8-11-17-14(19-18-11)12-9-6-4-5-7-10(9)20-13(12)16/h4-8,16H2,1-3H3. The summed E-state index contributed by atoms with van der Waals surface area (Å²) in [5.41, 5.74) is 8.67. The molecule has 108 valence electrons. The minimum Gasteiger partial charge on any atom is -0.390 e. The summed E-state index contributed by atoms with van der Waals surface area (Å²) in [4.78, 5) is 5.96. The first-order valence-electron chi connectivity index (χ1n) is 7.17. The number of hydrogen-bond donors (Lipinski definition) is 1. The lowest BCUT2D eigenvalue weighted by molar-refractivity contribution is 0.374. The van der Waals surface area contributed by atoms with Crippen LogP contribution >= 0.6 is 11.3 Å². The first-order chi connectivity index (χ1) is 9.44. The van der Waals surface area contributed by atoms with Gasteiger partial charge in [0.25, 0.3) is 5.89 Å². The van der Waals surface area contributed by atoms with Crippen molar-refractivity contribution in [3.8, 4) is 11.5 Å². The summed E-state index contributed by atoms with van der Waals surface area (Å²) in [6, 6.07) is 0. The van der Waals surface area contributed by atoms with Crippen molar-refractivity contribution in [1.29, 1.82) is 0 Å². The highest BCUT2D eigenvalue weighted by Gasteiger charge is 2.25. The SMILES string of the molecule is CC(C)(C)Cc1noc(-c2c(N)sc3c2CCCC3)n1. The molecule has 0 unspecified atom stereocenters. The van der Waals surface area contributed by atoms with Crippen molar-refractivity contribution >= 4 is 16.3 Å². The smallest absolute Gasteiger partial charge is 0.261 e. The highest BCUT2D eigenvalue weighted by molar-refractivity contribution is 7.16. The van der Waals surface area contributed by atoms with Gasteiger partial charge in [0.15, 0.2) is 5.82 Å². The van der Waals surface area contributed by atoms with Crippen LogP contribution < -0.4 is 5.73 Å². The fourth-order valence-corrected chi connectivity index (χ4v) is 3.88. The van der Waals surface area contributed by atoms with E-state index in [2.05, 4.69) is 30.9 Å². The van der Waals surface area contributed by atoms with Crippen molar-refractivity contribution < 1.29 is 4.52 Å². The van der Waals surface area contributed by atoms with E-state index in [0.717, 1.165) is 35.7 Å². The molecule has 2 N–H and O–H groups in total. The van der Waals surface area contributed by atoms with Crippen LogP contribution in [-0.4, -0.2) is 10.1 Å². The van der Waals surface area contributed by atoms with Gasteiger partial charge in [0, 0.05) is 11.3 Å². The molecule has 0 saturated carbocycles. The molecule has 2 heterocycles. The molecule has 1 aliphatic rings. The lowest BCUT2D eigenvalue weighted by atomic mass is 9.92. The van der Waals surface area contributed by atoms with Crippen LogP contribution in [-0.2, 0) is 19.3 Å². The minimum atomic E-state index is 0.154. The largest absolute Gasteiger partial charge is 0.390 e. The maximum Gasteiger partial charge on any atom is 0.261 e. The van der Waals surface area contributed by atoms with Crippen LogP contribution in [0.15, 0.2) is 4.52 Å². The molecule has 0 radical (unpaired) electrons. The highest BCUT2D eigenvalue weighted by Crippen LogP contribution is 2.41. The van der Waals surface area contributed by atoms with Gasteiger partial charge in [0.05, 0.1) is 10.6 Å². The van der Waals surface area contributed by atoms with E-state index in [1.54, 1.807) is 11.3 Å². The topological polar surface area (TPSA) is 64.9 Å². The number of aromatic nitrogens is 2. The Kier molecular flexibility index (Phi) is 3.32. The maximum atomic E-state index is 6.18. The zero-order valence-electron chi connectivity index (χ0n) is 12.3. The van der Waals surface area contributed by atoms with Gasteiger partial charge < -0.3 is 10.3 Å². The van der Waals surface area contributed by atoms with Crippen molar-refractivity contribution in [2.45, 2.75) is 52.9 Å². The third-order valence-corrected chi connectivity index (χ3v) is 4.69. The molecule has 0 amide bonds. The Morgan fingerprint density at radius 2 is 2.00 bits per heavy atom. The number of nitrogens with two attached hydrogens (primary N) is 1. The van der Waals surface area contributed by atoms with E-state index in [1.165, 1.54) is 23.3 Å². The monoisotopic (exact) mass is 291 g/mol. The highest BCUT2D eigenvalue weighted by atomic mass is 32.1. The third kappa shape index (κ3) is 2.59. The molecule has 0 spiro atoms. The molecular weight excluding hydrogens is 270 g/mol. The molecule has 0 saturated heterocycles. The van der Waals surface area contributed by atoms with E-state index in [4.69, 9.17) is 10.3 Å². The van der Waals surface area contributed by atoms with E-state index in [-0.39, 0.29) is 5.41 Å². The predicted molar refractivity (Wildman–Crippen MR) is 81.8 cm³/mol. The lowest BCUT2D eigenvalue weighted by Gasteiger charge is -2.14. The zero-order chi connectivity index (χ0) is 14.3. The van der Waals surface area contributed by atoms with Gasteiger partial charge in [-0.1, -0.05) is 25.9 Å². The summed E-state index contributed by atoms with van der Waals surface area (Å²) in [5, 5.41) is 4.93. The van der Waals surface area contributed by atoms with Gasteiger partial charge in [-0.3, -0.25) is 0 Å². The van der Waals surface area contributed by atoms with Crippen molar-refractivity contribution in [2.75, 3.05) is 5.73 Å². The molecule has 0 aromatic carbocycles. The molecule has 2 aromatic heterocycles. The Balaban J connectivity index is 1.96. The van der Waals surface area contributed by atoms with Crippen molar-refractivity contribution in [1.82, 2.24) is 10.1 Å². The van der Waals surface area contributed by atoms with Gasteiger partial charge in [-0.25, -0.2) is 0 Å². The Hall–Kier alpha value is -1.36. The van der Waals surface area contributed by atoms with Crippen molar-refractivity contribution in [3.63, 3.8) is 0 Å². The number of anilines is 1. The fourth-order valence-electron chi connectivity index (χ4n) is 2.72. The second-order valence-electron chi connectivity index (χ2n) is 6.70. The first kappa shape index (κ1) is 13.6. The second-order valence-corrected chi connectivity index (χ2v) is 7.84. The number of aryl methyl sites for hydroxylation is 1. The summed E-state index contributed by atoms with van der Waals surface area (Å²) in [7, 11) is 0. The van der Waals surface area contributed by atoms with Crippen LogP contribution in [0.3, 0.4) is 0 Å². The Bertz CT molecular complexity index is 622. The molecule has 4 nitrogen and oxygen atoms in total. The molecular formula is C15H21N3OS. The van der Waals surface area contributed by atoms with Crippen LogP contribution in [0.4, 0.5) is 5.00 Å². The molecule has 2 aromatic rings. The third-order valence-electron chi connectivity index (χ3n) is 3.57. The van der Waals surface area contributed by atoms with Crippen LogP contribution in [0.25, 0.3) is 11.5 Å². The molecule has 20 heavy (non-hydrogen) atoms. The van der Waals surface area contributed by atoms with Crippen LogP contribution in [0, 0.1) is 5.41 Å². The van der Waals surface area contributed by atoms with Crippen LogP contribution in [0.2, 0.25) is 0 Å². The maximum absolute atomic E-state index is 6.18. The quantitative estimate of drug-likeness (QED) is 0.912. The number of nitrogen functional groups attached to an aromatic ring is 1. The van der Waals surface area contributed by atoms with Crippen LogP contribution in [0.5, 0.6) is 0 Å². The normalized spacial score (nSPS) is 15.3. The number of fused-ring (bicyclic) bond motifs is 1. The molecule has 5 heteroatoms.